The Morgan fingerprint density at radius 1 is 1.60 bits per heavy atom. The number of oxazole rings is 1. The average molecular weight is 276 g/mol. The molecule has 2 aromatic rings. The van der Waals surface area contributed by atoms with E-state index in [1.807, 2.05) is 24.7 Å². The highest BCUT2D eigenvalue weighted by atomic mass is 16.6. The topological polar surface area (TPSA) is 82.2 Å². The van der Waals surface area contributed by atoms with E-state index in [1.165, 1.54) is 19.1 Å². The number of nitrogens with one attached hydrogen (secondary N) is 1. The SMILES string of the molecule is CCOc1nc(C(=O)Nc2cc(C3CC3)n(C)n2)co1. The zero-order valence-corrected chi connectivity index (χ0v) is 11.4. The van der Waals surface area contributed by atoms with Crippen LogP contribution in [0, 0.1) is 0 Å². The summed E-state index contributed by atoms with van der Waals surface area (Å²) in [6.45, 7) is 2.25. The molecule has 1 fully saturated rings. The summed E-state index contributed by atoms with van der Waals surface area (Å²) in [4.78, 5) is 15.9. The van der Waals surface area contributed by atoms with E-state index < -0.39 is 0 Å². The van der Waals surface area contributed by atoms with Crippen molar-refractivity contribution in [3.63, 3.8) is 0 Å². The third-order valence-electron chi connectivity index (χ3n) is 3.14. The van der Waals surface area contributed by atoms with Crippen molar-refractivity contribution in [3.8, 4) is 6.08 Å². The number of nitrogens with zero attached hydrogens (tertiary/aromatic N) is 3. The molecule has 1 saturated carbocycles. The maximum Gasteiger partial charge on any atom is 0.394 e. The van der Waals surface area contributed by atoms with Gasteiger partial charge in [-0.15, -0.1) is 0 Å². The van der Waals surface area contributed by atoms with E-state index in [0.717, 1.165) is 5.69 Å². The van der Waals surface area contributed by atoms with Crippen LogP contribution in [0.15, 0.2) is 16.7 Å². The maximum absolute atomic E-state index is 12.0. The normalized spacial score (nSPS) is 14.3. The van der Waals surface area contributed by atoms with Crippen molar-refractivity contribution >= 4 is 11.7 Å². The van der Waals surface area contributed by atoms with Crippen molar-refractivity contribution in [1.82, 2.24) is 14.8 Å². The van der Waals surface area contributed by atoms with Crippen LogP contribution >= 0.6 is 0 Å². The Labute approximate surface area is 115 Å². The summed E-state index contributed by atoms with van der Waals surface area (Å²) in [7, 11) is 1.88. The Morgan fingerprint density at radius 2 is 2.40 bits per heavy atom. The van der Waals surface area contributed by atoms with Crippen LogP contribution in [0.1, 0.15) is 41.9 Å². The molecule has 1 aliphatic carbocycles. The van der Waals surface area contributed by atoms with Crippen LogP contribution in [-0.4, -0.2) is 27.3 Å². The molecule has 0 aliphatic heterocycles. The summed E-state index contributed by atoms with van der Waals surface area (Å²) < 4.78 is 11.9. The molecule has 0 radical (unpaired) electrons. The third kappa shape index (κ3) is 2.52. The van der Waals surface area contributed by atoms with Crippen LogP contribution in [0.25, 0.3) is 0 Å². The predicted octanol–water partition coefficient (Wildman–Crippen LogP) is 1.94. The van der Waals surface area contributed by atoms with Gasteiger partial charge in [0.15, 0.2) is 11.5 Å². The first-order chi connectivity index (χ1) is 9.67. The van der Waals surface area contributed by atoms with E-state index in [0.29, 0.717) is 18.3 Å². The van der Waals surface area contributed by atoms with Gasteiger partial charge in [0.05, 0.1) is 6.61 Å². The highest BCUT2D eigenvalue weighted by Crippen LogP contribution is 2.40. The zero-order valence-electron chi connectivity index (χ0n) is 11.4. The van der Waals surface area contributed by atoms with Gasteiger partial charge in [-0.05, 0) is 19.8 Å². The summed E-state index contributed by atoms with van der Waals surface area (Å²) in [5.74, 6) is 0.746. The Kier molecular flexibility index (Phi) is 3.17. The molecule has 0 atom stereocenters. The highest BCUT2D eigenvalue weighted by molar-refractivity contribution is 6.02. The average Bonchev–Trinajstić information content (AvgIpc) is 3.04. The molecule has 20 heavy (non-hydrogen) atoms. The lowest BCUT2D eigenvalue weighted by atomic mass is 10.3. The van der Waals surface area contributed by atoms with E-state index in [2.05, 4.69) is 15.4 Å². The summed E-state index contributed by atoms with van der Waals surface area (Å²) in [5, 5.41) is 6.98. The van der Waals surface area contributed by atoms with Crippen molar-refractivity contribution in [2.24, 2.45) is 7.05 Å². The standard InChI is InChI=1S/C13H16N4O3/c1-3-19-13-14-9(7-20-13)12(18)15-11-6-10(8-4-5-8)17(2)16-11/h6-8H,3-5H2,1-2H3,(H,15,16,18). The second-order valence-corrected chi connectivity index (χ2v) is 4.74. The van der Waals surface area contributed by atoms with Gasteiger partial charge in [-0.2, -0.15) is 10.1 Å². The Morgan fingerprint density at radius 3 is 3.10 bits per heavy atom. The lowest BCUT2D eigenvalue weighted by molar-refractivity contribution is 0.102. The molecule has 0 unspecified atom stereocenters. The molecule has 1 aliphatic rings. The van der Waals surface area contributed by atoms with Gasteiger partial charge < -0.3 is 14.5 Å². The number of anilines is 1. The fraction of sp³-hybridized carbons (Fsp3) is 0.462. The summed E-state index contributed by atoms with van der Waals surface area (Å²) in [6.07, 6.45) is 3.74. The zero-order chi connectivity index (χ0) is 14.1. The van der Waals surface area contributed by atoms with E-state index >= 15 is 0 Å². The van der Waals surface area contributed by atoms with Crippen molar-refractivity contribution in [2.45, 2.75) is 25.7 Å². The van der Waals surface area contributed by atoms with Crippen molar-refractivity contribution in [2.75, 3.05) is 11.9 Å². The fourth-order valence-electron chi connectivity index (χ4n) is 2.04. The molecule has 0 bridgehead atoms. The first-order valence-corrected chi connectivity index (χ1v) is 6.61. The second-order valence-electron chi connectivity index (χ2n) is 4.74. The largest absolute Gasteiger partial charge is 0.450 e. The van der Waals surface area contributed by atoms with Gasteiger partial charge in [-0.25, -0.2) is 0 Å². The van der Waals surface area contributed by atoms with Crippen molar-refractivity contribution in [1.29, 1.82) is 0 Å². The molecule has 0 aromatic carbocycles. The molecule has 1 amide bonds. The quantitative estimate of drug-likeness (QED) is 0.902. The number of aryl methyl sites for hydroxylation is 1. The van der Waals surface area contributed by atoms with Gasteiger partial charge in [-0.3, -0.25) is 9.48 Å². The lowest BCUT2D eigenvalue weighted by Gasteiger charge is -1.96. The van der Waals surface area contributed by atoms with Crippen LogP contribution in [0.3, 0.4) is 0 Å². The minimum atomic E-state index is -0.361. The number of hydrogen-bond donors (Lipinski definition) is 1. The summed E-state index contributed by atoms with van der Waals surface area (Å²) in [5.41, 5.74) is 1.32. The first kappa shape index (κ1) is 12.7. The predicted molar refractivity (Wildman–Crippen MR) is 70.8 cm³/mol. The van der Waals surface area contributed by atoms with Gasteiger partial charge in [0.1, 0.15) is 6.26 Å². The smallest absolute Gasteiger partial charge is 0.394 e. The van der Waals surface area contributed by atoms with Crippen LogP contribution in [0.5, 0.6) is 6.08 Å². The molecular weight excluding hydrogens is 260 g/mol. The second kappa shape index (κ2) is 4.99. The van der Waals surface area contributed by atoms with Gasteiger partial charge in [0.25, 0.3) is 5.91 Å². The number of carbonyl (C=O) groups excluding carboxylic acids is 1. The van der Waals surface area contributed by atoms with Gasteiger partial charge in [0, 0.05) is 24.7 Å². The monoisotopic (exact) mass is 276 g/mol. The summed E-state index contributed by atoms with van der Waals surface area (Å²) in [6, 6.07) is 1.90. The maximum atomic E-state index is 12.0. The number of ether oxygens (including phenoxy) is 1. The van der Waals surface area contributed by atoms with Crippen LogP contribution in [0.4, 0.5) is 5.82 Å². The van der Waals surface area contributed by atoms with E-state index in [-0.39, 0.29) is 17.7 Å². The Hall–Kier alpha value is -2.31. The number of rotatable bonds is 5. The number of carbonyl (C=O) groups is 1. The van der Waals surface area contributed by atoms with Crippen molar-refractivity contribution in [3.05, 3.63) is 23.7 Å². The molecule has 0 saturated heterocycles. The van der Waals surface area contributed by atoms with E-state index in [1.54, 1.807) is 0 Å². The van der Waals surface area contributed by atoms with Gasteiger partial charge in [0.2, 0.25) is 0 Å². The molecule has 106 valence electrons. The van der Waals surface area contributed by atoms with Gasteiger partial charge in [-0.1, -0.05) is 0 Å². The number of amides is 1. The summed E-state index contributed by atoms with van der Waals surface area (Å²) >= 11 is 0. The number of hydrogen-bond acceptors (Lipinski definition) is 5. The molecule has 0 spiro atoms. The molecule has 1 N–H and O–H groups in total. The lowest BCUT2D eigenvalue weighted by Crippen LogP contribution is -2.13. The van der Waals surface area contributed by atoms with E-state index in [9.17, 15) is 4.79 Å². The minimum absolute atomic E-state index is 0.0948. The van der Waals surface area contributed by atoms with Crippen molar-refractivity contribution < 1.29 is 13.9 Å². The minimum Gasteiger partial charge on any atom is -0.450 e. The number of aromatic nitrogens is 3. The van der Waals surface area contributed by atoms with Crippen LogP contribution < -0.4 is 10.1 Å². The van der Waals surface area contributed by atoms with Gasteiger partial charge >= 0.3 is 6.08 Å². The van der Waals surface area contributed by atoms with E-state index in [4.69, 9.17) is 9.15 Å². The molecular formula is C13H16N4O3. The highest BCUT2D eigenvalue weighted by Gasteiger charge is 2.27. The Balaban J connectivity index is 1.69. The van der Waals surface area contributed by atoms with Crippen LogP contribution in [0.2, 0.25) is 0 Å². The first-order valence-electron chi connectivity index (χ1n) is 6.61. The Bertz CT molecular complexity index is 627. The molecule has 2 heterocycles. The molecule has 2 aromatic heterocycles. The molecule has 7 nitrogen and oxygen atoms in total. The molecule has 7 heteroatoms. The third-order valence-corrected chi connectivity index (χ3v) is 3.14. The van der Waals surface area contributed by atoms with Crippen LogP contribution in [-0.2, 0) is 7.05 Å². The molecule has 3 rings (SSSR count). The fourth-order valence-corrected chi connectivity index (χ4v) is 2.04.